The van der Waals surface area contributed by atoms with Gasteiger partial charge in [0.1, 0.15) is 18.4 Å². The van der Waals surface area contributed by atoms with Crippen molar-refractivity contribution in [2.45, 2.75) is 24.4 Å². The molecule has 1 atom stereocenters. The number of rotatable bonds is 9. The van der Waals surface area contributed by atoms with Crippen LogP contribution in [0.25, 0.3) is 0 Å². The second kappa shape index (κ2) is 11.7. The quantitative estimate of drug-likeness (QED) is 0.424. The van der Waals surface area contributed by atoms with E-state index in [0.29, 0.717) is 10.6 Å². The zero-order valence-electron chi connectivity index (χ0n) is 19.5. The van der Waals surface area contributed by atoms with Gasteiger partial charge in [0.2, 0.25) is 11.8 Å². The topological polar surface area (TPSA) is 86.8 Å². The minimum absolute atomic E-state index is 0.0436. The summed E-state index contributed by atoms with van der Waals surface area (Å²) in [5.41, 5.74) is 0.732. The van der Waals surface area contributed by atoms with Gasteiger partial charge in [-0.3, -0.25) is 13.9 Å². The highest BCUT2D eigenvalue weighted by Gasteiger charge is 2.32. The summed E-state index contributed by atoms with van der Waals surface area (Å²) in [4.78, 5) is 27.2. The second-order valence-electron chi connectivity index (χ2n) is 7.88. The molecule has 0 spiro atoms. The van der Waals surface area contributed by atoms with Crippen molar-refractivity contribution in [3.63, 3.8) is 0 Å². The van der Waals surface area contributed by atoms with Crippen molar-refractivity contribution >= 4 is 50.7 Å². The molecule has 0 fully saturated rings. The van der Waals surface area contributed by atoms with E-state index in [1.807, 2.05) is 0 Å². The first-order chi connectivity index (χ1) is 17.0. The highest BCUT2D eigenvalue weighted by molar-refractivity contribution is 7.92. The van der Waals surface area contributed by atoms with Crippen LogP contribution in [0.3, 0.4) is 0 Å². The van der Waals surface area contributed by atoms with Crippen LogP contribution >= 0.6 is 23.2 Å². The fourth-order valence-electron chi connectivity index (χ4n) is 3.47. The second-order valence-corrected chi connectivity index (χ2v) is 10.6. The number of sulfonamides is 1. The van der Waals surface area contributed by atoms with Crippen molar-refractivity contribution in [1.29, 1.82) is 0 Å². The van der Waals surface area contributed by atoms with Crippen molar-refractivity contribution in [2.75, 3.05) is 17.9 Å². The molecule has 36 heavy (non-hydrogen) atoms. The van der Waals surface area contributed by atoms with E-state index in [2.05, 4.69) is 5.32 Å². The minimum Gasteiger partial charge on any atom is -0.357 e. The molecule has 190 valence electrons. The minimum atomic E-state index is -4.23. The molecule has 3 aromatic rings. The predicted molar refractivity (Wildman–Crippen MR) is 138 cm³/mol. The number of nitrogens with zero attached hydrogens (tertiary/aromatic N) is 2. The van der Waals surface area contributed by atoms with Gasteiger partial charge in [0.15, 0.2) is 0 Å². The molecule has 3 rings (SSSR count). The Morgan fingerprint density at radius 2 is 1.61 bits per heavy atom. The molecule has 0 aliphatic carbocycles. The Hall–Kier alpha value is -3.14. The van der Waals surface area contributed by atoms with Crippen LogP contribution < -0.4 is 9.62 Å². The number of anilines is 1. The average Bonchev–Trinajstić information content (AvgIpc) is 2.86. The first-order valence-electron chi connectivity index (χ1n) is 10.8. The summed E-state index contributed by atoms with van der Waals surface area (Å²) < 4.78 is 41.6. The van der Waals surface area contributed by atoms with Gasteiger partial charge in [-0.15, -0.1) is 0 Å². The van der Waals surface area contributed by atoms with Gasteiger partial charge in [-0.05, 0) is 67.1 Å². The Labute approximate surface area is 219 Å². The van der Waals surface area contributed by atoms with E-state index in [-0.39, 0.29) is 22.2 Å². The van der Waals surface area contributed by atoms with Crippen LogP contribution in [0, 0.1) is 5.82 Å². The third kappa shape index (κ3) is 6.54. The lowest BCUT2D eigenvalue weighted by Crippen LogP contribution is -2.50. The van der Waals surface area contributed by atoms with Crippen LogP contribution in [0.4, 0.5) is 10.1 Å². The zero-order chi connectivity index (χ0) is 26.5. The third-order valence-corrected chi connectivity index (χ3v) is 7.73. The molecule has 3 aromatic carbocycles. The lowest BCUT2D eigenvalue weighted by molar-refractivity contribution is -0.139. The molecule has 0 heterocycles. The summed E-state index contributed by atoms with van der Waals surface area (Å²) in [6, 6.07) is 16.1. The monoisotopic (exact) mass is 551 g/mol. The molecule has 0 saturated heterocycles. The Balaban J connectivity index is 2.02. The summed E-state index contributed by atoms with van der Waals surface area (Å²) in [5.74, 6) is -1.54. The molecule has 0 aliphatic rings. The molecule has 1 N–H and O–H groups in total. The van der Waals surface area contributed by atoms with Gasteiger partial charge in [-0.2, -0.15) is 0 Å². The smallest absolute Gasteiger partial charge is 0.264 e. The summed E-state index contributed by atoms with van der Waals surface area (Å²) in [6.07, 6.45) is 0. The molecule has 0 bridgehead atoms. The Morgan fingerprint density at radius 1 is 0.972 bits per heavy atom. The van der Waals surface area contributed by atoms with E-state index in [0.717, 1.165) is 4.31 Å². The fraction of sp³-hybridized carbons (Fsp3) is 0.200. The molecular formula is C25H24Cl2FN3O4S. The number of carbonyl (C=O) groups is 2. The fourth-order valence-corrected chi connectivity index (χ4v) is 5.19. The molecule has 0 unspecified atom stereocenters. The number of nitrogens with one attached hydrogen (secondary N) is 1. The predicted octanol–water partition coefficient (Wildman–Crippen LogP) is 4.49. The Morgan fingerprint density at radius 3 is 2.19 bits per heavy atom. The van der Waals surface area contributed by atoms with E-state index in [9.17, 15) is 22.4 Å². The largest absolute Gasteiger partial charge is 0.357 e. The first kappa shape index (κ1) is 27.4. The maximum absolute atomic E-state index is 13.6. The van der Waals surface area contributed by atoms with E-state index in [1.54, 1.807) is 12.1 Å². The van der Waals surface area contributed by atoms with Gasteiger partial charge in [0.05, 0.1) is 10.6 Å². The third-order valence-electron chi connectivity index (χ3n) is 5.46. The molecule has 0 radical (unpaired) electrons. The highest BCUT2D eigenvalue weighted by Crippen LogP contribution is 2.27. The number of amides is 2. The van der Waals surface area contributed by atoms with Crippen LogP contribution in [-0.2, 0) is 26.2 Å². The highest BCUT2D eigenvalue weighted by atomic mass is 35.5. The lowest BCUT2D eigenvalue weighted by atomic mass is 10.1. The van der Waals surface area contributed by atoms with Gasteiger partial charge in [-0.25, -0.2) is 12.8 Å². The molecule has 11 heteroatoms. The Bertz CT molecular complexity index is 1340. The number of halogens is 3. The van der Waals surface area contributed by atoms with Crippen LogP contribution in [-0.4, -0.2) is 44.8 Å². The maximum atomic E-state index is 13.6. The van der Waals surface area contributed by atoms with Crippen molar-refractivity contribution in [3.05, 3.63) is 94.2 Å². The van der Waals surface area contributed by atoms with Gasteiger partial charge >= 0.3 is 0 Å². The van der Waals surface area contributed by atoms with Crippen LogP contribution in [0.5, 0.6) is 0 Å². The standard InChI is InChI=1S/C25H24Cl2FN3O4S/c1-17(25(33)29-2)30(15-18-6-10-21(28)11-7-18)24(32)16-31(22-5-3-4-20(27)14-22)36(34,35)23-12-8-19(26)9-13-23/h3-14,17H,15-16H2,1-2H3,(H,29,33)/t17-/m0/s1. The molecule has 0 saturated carbocycles. The summed E-state index contributed by atoms with van der Waals surface area (Å²) >= 11 is 12.0. The average molecular weight is 552 g/mol. The normalized spacial score (nSPS) is 12.0. The zero-order valence-corrected chi connectivity index (χ0v) is 21.8. The van der Waals surface area contributed by atoms with Crippen LogP contribution in [0.15, 0.2) is 77.7 Å². The van der Waals surface area contributed by atoms with E-state index < -0.39 is 40.2 Å². The lowest BCUT2D eigenvalue weighted by Gasteiger charge is -2.31. The number of hydrogen-bond donors (Lipinski definition) is 1. The van der Waals surface area contributed by atoms with Gasteiger partial charge < -0.3 is 10.2 Å². The summed E-state index contributed by atoms with van der Waals surface area (Å²) in [7, 11) is -2.79. The van der Waals surface area contributed by atoms with Gasteiger partial charge in [-0.1, -0.05) is 41.4 Å². The maximum Gasteiger partial charge on any atom is 0.264 e. The molecule has 0 aromatic heterocycles. The molecule has 7 nitrogen and oxygen atoms in total. The number of benzene rings is 3. The number of carbonyl (C=O) groups excluding carboxylic acids is 2. The van der Waals surface area contributed by atoms with Crippen molar-refractivity contribution in [2.24, 2.45) is 0 Å². The van der Waals surface area contributed by atoms with Crippen molar-refractivity contribution in [3.8, 4) is 0 Å². The van der Waals surface area contributed by atoms with Gasteiger partial charge in [0, 0.05) is 23.6 Å². The summed E-state index contributed by atoms with van der Waals surface area (Å²) in [5, 5.41) is 3.12. The van der Waals surface area contributed by atoms with Crippen molar-refractivity contribution in [1.82, 2.24) is 10.2 Å². The number of likely N-dealkylation sites (N-methyl/N-ethyl adjacent to an activating group) is 1. The first-order valence-corrected chi connectivity index (χ1v) is 13.0. The Kier molecular flexibility index (Phi) is 8.94. The summed E-state index contributed by atoms with van der Waals surface area (Å²) in [6.45, 7) is 0.865. The van der Waals surface area contributed by atoms with E-state index in [4.69, 9.17) is 23.2 Å². The van der Waals surface area contributed by atoms with Crippen LogP contribution in [0.1, 0.15) is 12.5 Å². The van der Waals surface area contributed by atoms with E-state index >= 15 is 0 Å². The van der Waals surface area contributed by atoms with E-state index in [1.165, 1.54) is 79.5 Å². The molecular weight excluding hydrogens is 528 g/mol. The molecule has 2 amide bonds. The number of hydrogen-bond acceptors (Lipinski definition) is 4. The van der Waals surface area contributed by atoms with Gasteiger partial charge in [0.25, 0.3) is 10.0 Å². The van der Waals surface area contributed by atoms with Crippen LogP contribution in [0.2, 0.25) is 10.0 Å². The van der Waals surface area contributed by atoms with Crippen molar-refractivity contribution < 1.29 is 22.4 Å². The SMILES string of the molecule is CNC(=O)[C@H](C)N(Cc1ccc(F)cc1)C(=O)CN(c1cccc(Cl)c1)S(=O)(=O)c1ccc(Cl)cc1. The molecule has 0 aliphatic heterocycles.